The number of nitrogens with zero attached hydrogens (tertiary/aromatic N) is 2. The number of benzene rings is 1. The van der Waals surface area contributed by atoms with Crippen LogP contribution in [0, 0.1) is 13.8 Å². The van der Waals surface area contributed by atoms with Gasteiger partial charge in [0.15, 0.2) is 0 Å². The minimum atomic E-state index is 1.01. The summed E-state index contributed by atoms with van der Waals surface area (Å²) in [5.41, 5.74) is 5.61. The van der Waals surface area contributed by atoms with Crippen molar-refractivity contribution in [2.45, 2.75) is 13.8 Å². The average molecular weight is 301 g/mol. The number of rotatable bonds is 1. The Hall–Kier alpha value is -1.61. The van der Waals surface area contributed by atoms with E-state index in [1.165, 1.54) is 11.1 Å². The predicted molar refractivity (Wildman–Crippen MR) is 77.8 cm³/mol. The molecule has 0 N–H and O–H groups in total. The van der Waals surface area contributed by atoms with Crippen LogP contribution in [0.3, 0.4) is 0 Å². The van der Waals surface area contributed by atoms with Gasteiger partial charge in [0.25, 0.3) is 0 Å². The molecule has 0 aliphatic rings. The Labute approximate surface area is 114 Å². The van der Waals surface area contributed by atoms with Crippen LogP contribution in [-0.2, 0) is 0 Å². The number of hydrogen-bond donors (Lipinski definition) is 0. The summed E-state index contributed by atoms with van der Waals surface area (Å²) in [6.45, 7) is 4.17. The van der Waals surface area contributed by atoms with Gasteiger partial charge in [-0.05, 0) is 47.5 Å². The molecule has 2 nitrogen and oxygen atoms in total. The zero-order valence-corrected chi connectivity index (χ0v) is 11.9. The molecule has 0 saturated carbocycles. The molecule has 0 aliphatic carbocycles. The Morgan fingerprint density at radius 3 is 2.72 bits per heavy atom. The van der Waals surface area contributed by atoms with Gasteiger partial charge in [0.1, 0.15) is 5.65 Å². The highest BCUT2D eigenvalue weighted by Gasteiger charge is 2.07. The predicted octanol–water partition coefficient (Wildman–Crippen LogP) is 4.38. The van der Waals surface area contributed by atoms with Crippen molar-refractivity contribution >= 4 is 21.6 Å². The van der Waals surface area contributed by atoms with E-state index in [9.17, 15) is 0 Å². The van der Waals surface area contributed by atoms with E-state index in [-0.39, 0.29) is 0 Å². The van der Waals surface area contributed by atoms with Crippen molar-refractivity contribution < 1.29 is 0 Å². The summed E-state index contributed by atoms with van der Waals surface area (Å²) < 4.78 is 3.14. The molecule has 2 heterocycles. The monoisotopic (exact) mass is 300 g/mol. The quantitative estimate of drug-likeness (QED) is 0.652. The molecule has 3 rings (SSSR count). The molecular weight excluding hydrogens is 288 g/mol. The Morgan fingerprint density at radius 2 is 1.94 bits per heavy atom. The van der Waals surface area contributed by atoms with Crippen LogP contribution in [0.1, 0.15) is 11.1 Å². The molecule has 90 valence electrons. The molecule has 3 heteroatoms. The molecule has 0 aliphatic heterocycles. The van der Waals surface area contributed by atoms with E-state index < -0.39 is 0 Å². The molecule has 3 aromatic rings. The Kier molecular flexibility index (Phi) is 2.71. The maximum Gasteiger partial charge on any atom is 0.140 e. The highest BCUT2D eigenvalue weighted by atomic mass is 79.9. The maximum absolute atomic E-state index is 4.71. The lowest BCUT2D eigenvalue weighted by Gasteiger charge is -1.97. The molecular formula is C15H13BrN2. The largest absolute Gasteiger partial charge is 0.305 e. The van der Waals surface area contributed by atoms with Crippen molar-refractivity contribution in [2.24, 2.45) is 0 Å². The maximum atomic E-state index is 4.71. The van der Waals surface area contributed by atoms with Gasteiger partial charge in [0.2, 0.25) is 0 Å². The molecule has 0 fully saturated rings. The second-order valence-corrected chi connectivity index (χ2v) is 5.48. The van der Waals surface area contributed by atoms with Gasteiger partial charge in [0, 0.05) is 22.4 Å². The molecule has 18 heavy (non-hydrogen) atoms. The van der Waals surface area contributed by atoms with Gasteiger partial charge in [-0.3, -0.25) is 0 Å². The normalized spacial score (nSPS) is 11.1. The molecule has 0 atom stereocenters. The van der Waals surface area contributed by atoms with Crippen molar-refractivity contribution in [3.8, 4) is 11.3 Å². The average Bonchev–Trinajstić information content (AvgIpc) is 2.73. The van der Waals surface area contributed by atoms with Gasteiger partial charge in [0.05, 0.1) is 5.69 Å². The minimum absolute atomic E-state index is 1.01. The molecule has 2 aromatic heterocycles. The van der Waals surface area contributed by atoms with Crippen molar-refractivity contribution in [3.63, 3.8) is 0 Å². The molecule has 0 saturated heterocycles. The van der Waals surface area contributed by atoms with Gasteiger partial charge in [-0.15, -0.1) is 0 Å². The number of fused-ring (bicyclic) bond motifs is 1. The van der Waals surface area contributed by atoms with E-state index in [1.807, 2.05) is 6.20 Å². The number of imidazole rings is 1. The molecule has 0 radical (unpaired) electrons. The van der Waals surface area contributed by atoms with Crippen LogP contribution in [-0.4, -0.2) is 9.38 Å². The highest BCUT2D eigenvalue weighted by molar-refractivity contribution is 9.10. The zero-order chi connectivity index (χ0) is 12.7. The third-order valence-electron chi connectivity index (χ3n) is 3.02. The summed E-state index contributed by atoms with van der Waals surface area (Å²) in [5.74, 6) is 0. The number of aryl methyl sites for hydroxylation is 2. The first-order valence-corrected chi connectivity index (χ1v) is 6.65. The van der Waals surface area contributed by atoms with Crippen molar-refractivity contribution in [3.05, 3.63) is 58.3 Å². The summed E-state index contributed by atoms with van der Waals surface area (Å²) in [6.07, 6.45) is 4.11. The molecule has 1 aromatic carbocycles. The fraction of sp³-hybridized carbons (Fsp3) is 0.133. The highest BCUT2D eigenvalue weighted by Crippen LogP contribution is 2.23. The third-order valence-corrected chi connectivity index (χ3v) is 3.45. The summed E-state index contributed by atoms with van der Waals surface area (Å²) in [7, 11) is 0. The topological polar surface area (TPSA) is 17.3 Å². The van der Waals surface area contributed by atoms with Crippen molar-refractivity contribution in [2.75, 3.05) is 0 Å². The lowest BCUT2D eigenvalue weighted by atomic mass is 10.1. The smallest absolute Gasteiger partial charge is 0.140 e. The van der Waals surface area contributed by atoms with Crippen LogP contribution in [0.15, 0.2) is 47.2 Å². The SMILES string of the molecule is Cc1cccc(-c2cn3cc(Br)cc(C)c3n2)c1. The minimum Gasteiger partial charge on any atom is -0.305 e. The summed E-state index contributed by atoms with van der Waals surface area (Å²) in [5, 5.41) is 0. The first kappa shape index (κ1) is 11.5. The van der Waals surface area contributed by atoms with Gasteiger partial charge < -0.3 is 4.40 Å². The fourth-order valence-electron chi connectivity index (χ4n) is 2.17. The van der Waals surface area contributed by atoms with Crippen LogP contribution in [0.2, 0.25) is 0 Å². The lowest BCUT2D eigenvalue weighted by Crippen LogP contribution is -1.86. The second-order valence-electron chi connectivity index (χ2n) is 4.57. The van der Waals surface area contributed by atoms with E-state index in [2.05, 4.69) is 70.7 Å². The fourth-order valence-corrected chi connectivity index (χ4v) is 2.73. The van der Waals surface area contributed by atoms with E-state index in [1.54, 1.807) is 0 Å². The van der Waals surface area contributed by atoms with E-state index in [4.69, 9.17) is 4.98 Å². The first-order valence-electron chi connectivity index (χ1n) is 5.85. The summed E-state index contributed by atoms with van der Waals surface area (Å²) in [6, 6.07) is 10.5. The van der Waals surface area contributed by atoms with Gasteiger partial charge in [-0.25, -0.2) is 4.98 Å². The molecule has 0 amide bonds. The number of pyridine rings is 1. The Balaban J connectivity index is 2.22. The summed E-state index contributed by atoms with van der Waals surface area (Å²) >= 11 is 3.51. The van der Waals surface area contributed by atoms with Crippen LogP contribution < -0.4 is 0 Å². The molecule has 0 spiro atoms. The van der Waals surface area contributed by atoms with Gasteiger partial charge >= 0.3 is 0 Å². The standard InChI is InChI=1S/C15H13BrN2/c1-10-4-3-5-12(6-10)14-9-18-8-13(16)7-11(2)15(18)17-14/h3-9H,1-2H3. The zero-order valence-electron chi connectivity index (χ0n) is 10.3. The first-order chi connectivity index (χ1) is 8.63. The number of aromatic nitrogens is 2. The summed E-state index contributed by atoms with van der Waals surface area (Å²) in [4.78, 5) is 4.71. The Bertz CT molecular complexity index is 728. The van der Waals surface area contributed by atoms with E-state index in [0.717, 1.165) is 21.4 Å². The van der Waals surface area contributed by atoms with Gasteiger partial charge in [-0.2, -0.15) is 0 Å². The van der Waals surface area contributed by atoms with E-state index in [0.29, 0.717) is 0 Å². The van der Waals surface area contributed by atoms with Gasteiger partial charge in [-0.1, -0.05) is 23.8 Å². The third kappa shape index (κ3) is 1.95. The van der Waals surface area contributed by atoms with Crippen LogP contribution >= 0.6 is 15.9 Å². The number of halogens is 1. The molecule has 0 unspecified atom stereocenters. The lowest BCUT2D eigenvalue weighted by molar-refractivity contribution is 1.15. The van der Waals surface area contributed by atoms with Crippen molar-refractivity contribution in [1.82, 2.24) is 9.38 Å². The molecule has 0 bridgehead atoms. The van der Waals surface area contributed by atoms with Crippen LogP contribution in [0.25, 0.3) is 16.9 Å². The van der Waals surface area contributed by atoms with E-state index >= 15 is 0 Å². The van der Waals surface area contributed by atoms with Crippen molar-refractivity contribution in [1.29, 1.82) is 0 Å². The second kappa shape index (κ2) is 4.25. The van der Waals surface area contributed by atoms with Crippen LogP contribution in [0.5, 0.6) is 0 Å². The van der Waals surface area contributed by atoms with Crippen LogP contribution in [0.4, 0.5) is 0 Å². The Morgan fingerprint density at radius 1 is 1.11 bits per heavy atom. The number of hydrogen-bond acceptors (Lipinski definition) is 1.